The second-order valence-electron chi connectivity index (χ2n) is 7.10. The van der Waals surface area contributed by atoms with E-state index < -0.39 is 38.9 Å². The van der Waals surface area contributed by atoms with Crippen LogP contribution in [0, 0.1) is 11.8 Å². The first-order valence-corrected chi connectivity index (χ1v) is 9.77. The number of hydrogen-bond donors (Lipinski definition) is 1. The minimum atomic E-state index is -3.48. The van der Waals surface area contributed by atoms with Crippen LogP contribution in [0.25, 0.3) is 0 Å². The molecule has 2 aliphatic carbocycles. The summed E-state index contributed by atoms with van der Waals surface area (Å²) in [4.78, 5) is 22.8. The zero-order valence-electron chi connectivity index (χ0n) is 14.3. The molecule has 0 aromatic carbocycles. The minimum absolute atomic E-state index is 0.0000873. The van der Waals surface area contributed by atoms with E-state index in [0.717, 1.165) is 6.42 Å². The van der Waals surface area contributed by atoms with Crippen molar-refractivity contribution in [3.8, 4) is 0 Å². The van der Waals surface area contributed by atoms with E-state index in [9.17, 15) is 18.0 Å². The Bertz CT molecular complexity index is 703. The summed E-state index contributed by atoms with van der Waals surface area (Å²) in [7, 11) is -3.48. The smallest absolute Gasteiger partial charge is 0.325 e. The van der Waals surface area contributed by atoms with Gasteiger partial charge in [0.1, 0.15) is 19.3 Å². The lowest BCUT2D eigenvalue weighted by molar-refractivity contribution is -0.153. The molecule has 5 atom stereocenters. The van der Waals surface area contributed by atoms with Gasteiger partial charge in [0.25, 0.3) is 10.1 Å². The van der Waals surface area contributed by atoms with Gasteiger partial charge in [-0.05, 0) is 32.6 Å². The van der Waals surface area contributed by atoms with Crippen molar-refractivity contribution in [1.82, 2.24) is 5.32 Å². The summed E-state index contributed by atoms with van der Waals surface area (Å²) in [6, 6.07) is 0. The summed E-state index contributed by atoms with van der Waals surface area (Å²) in [5.41, 5.74) is -0.365. The van der Waals surface area contributed by atoms with Gasteiger partial charge in [-0.3, -0.25) is 13.8 Å². The second-order valence-corrected chi connectivity index (χ2v) is 8.88. The Labute approximate surface area is 147 Å². The Balaban J connectivity index is 1.43. The number of rotatable bonds is 7. The van der Waals surface area contributed by atoms with E-state index in [1.807, 2.05) is 6.92 Å². The number of esters is 1. The third-order valence-corrected chi connectivity index (χ3v) is 7.22. The average Bonchev–Trinajstić information content (AvgIpc) is 3.14. The molecule has 140 valence electrons. The molecule has 1 saturated heterocycles. The van der Waals surface area contributed by atoms with Crippen molar-refractivity contribution in [2.24, 2.45) is 11.8 Å². The van der Waals surface area contributed by atoms with Crippen molar-refractivity contribution in [2.45, 2.75) is 43.6 Å². The van der Waals surface area contributed by atoms with Gasteiger partial charge in [0.05, 0.1) is 17.5 Å². The third-order valence-electron chi connectivity index (χ3n) is 5.46. The van der Waals surface area contributed by atoms with Crippen LogP contribution >= 0.6 is 0 Å². The molecule has 9 heteroatoms. The molecule has 0 aromatic heterocycles. The van der Waals surface area contributed by atoms with Crippen LogP contribution in [0.3, 0.4) is 0 Å². The van der Waals surface area contributed by atoms with Crippen LogP contribution in [0.15, 0.2) is 12.2 Å². The first-order valence-electron chi connectivity index (χ1n) is 8.30. The number of fused-ring (bicyclic) bond motifs is 1. The van der Waals surface area contributed by atoms with Gasteiger partial charge in [0.15, 0.2) is 0 Å². The molecule has 3 fully saturated rings. The first-order chi connectivity index (χ1) is 11.6. The molecule has 2 saturated carbocycles. The highest BCUT2D eigenvalue weighted by Crippen LogP contribution is 2.60. The van der Waals surface area contributed by atoms with Crippen molar-refractivity contribution in [3.05, 3.63) is 12.2 Å². The molecule has 0 aromatic rings. The second kappa shape index (κ2) is 6.37. The fraction of sp³-hybridized carbons (Fsp3) is 0.750. The molecule has 3 aliphatic rings. The molecule has 2 bridgehead atoms. The van der Waals surface area contributed by atoms with Crippen LogP contribution in [0.5, 0.6) is 0 Å². The van der Waals surface area contributed by atoms with Crippen LogP contribution in [0.1, 0.15) is 26.7 Å². The fourth-order valence-corrected chi connectivity index (χ4v) is 6.08. The molecule has 1 aliphatic heterocycles. The van der Waals surface area contributed by atoms with Crippen LogP contribution in [-0.4, -0.2) is 57.0 Å². The average molecular weight is 373 g/mol. The van der Waals surface area contributed by atoms with E-state index in [0.29, 0.717) is 12.0 Å². The summed E-state index contributed by atoms with van der Waals surface area (Å²) in [6.07, 6.45) is 0.900. The van der Waals surface area contributed by atoms with Crippen molar-refractivity contribution in [3.63, 3.8) is 0 Å². The Morgan fingerprint density at radius 1 is 1.32 bits per heavy atom. The Morgan fingerprint density at radius 3 is 2.72 bits per heavy atom. The summed E-state index contributed by atoms with van der Waals surface area (Å²) in [5, 5.41) is 1.99. The van der Waals surface area contributed by atoms with E-state index >= 15 is 0 Å². The first kappa shape index (κ1) is 18.3. The lowest BCUT2D eigenvalue weighted by Gasteiger charge is -2.36. The number of carbonyl (C=O) groups is 2. The summed E-state index contributed by atoms with van der Waals surface area (Å²) < 4.78 is 40.1. The Morgan fingerprint density at radius 2 is 2.04 bits per heavy atom. The standard InChI is InChI=1S/C16H23NO7S/c1-9(2)15(19)17-8-13(18)22-4-5-23-16(3)10-6-11-12(7-10)25(20,21)24-14(11)16/h10-12,14H,1,4-8H2,2-3H3,(H,17,19). The maximum Gasteiger partial charge on any atom is 0.325 e. The zero-order chi connectivity index (χ0) is 18.4. The maximum absolute atomic E-state index is 12.0. The highest BCUT2D eigenvalue weighted by molar-refractivity contribution is 7.87. The summed E-state index contributed by atoms with van der Waals surface area (Å²) in [6.45, 7) is 6.81. The van der Waals surface area contributed by atoms with Gasteiger partial charge in [-0.15, -0.1) is 0 Å². The molecule has 0 spiro atoms. The summed E-state index contributed by atoms with van der Waals surface area (Å²) in [5.74, 6) is -0.844. The van der Waals surface area contributed by atoms with E-state index in [2.05, 4.69) is 11.9 Å². The van der Waals surface area contributed by atoms with Crippen molar-refractivity contribution < 1.29 is 31.7 Å². The number of amides is 1. The van der Waals surface area contributed by atoms with Gasteiger partial charge < -0.3 is 14.8 Å². The molecule has 8 nitrogen and oxygen atoms in total. The van der Waals surface area contributed by atoms with Crippen LogP contribution in [0.4, 0.5) is 0 Å². The van der Waals surface area contributed by atoms with Crippen molar-refractivity contribution in [2.75, 3.05) is 19.8 Å². The number of hydrogen-bond acceptors (Lipinski definition) is 7. The van der Waals surface area contributed by atoms with E-state index in [1.54, 1.807) is 6.92 Å². The van der Waals surface area contributed by atoms with Gasteiger partial charge in [-0.25, -0.2) is 0 Å². The number of carbonyl (C=O) groups excluding carboxylic acids is 2. The molecule has 25 heavy (non-hydrogen) atoms. The van der Waals surface area contributed by atoms with Crippen LogP contribution in [-0.2, 0) is 33.4 Å². The lowest BCUT2D eigenvalue weighted by Crippen LogP contribution is -2.47. The van der Waals surface area contributed by atoms with Crippen molar-refractivity contribution >= 4 is 22.0 Å². The highest BCUT2D eigenvalue weighted by Gasteiger charge is 2.69. The predicted octanol–water partition coefficient (Wildman–Crippen LogP) is 0.134. The largest absolute Gasteiger partial charge is 0.462 e. The van der Waals surface area contributed by atoms with Crippen LogP contribution < -0.4 is 5.32 Å². The van der Waals surface area contributed by atoms with Gasteiger partial charge >= 0.3 is 5.97 Å². The molecular formula is C16H23NO7S. The normalized spacial score (nSPS) is 37.0. The van der Waals surface area contributed by atoms with Gasteiger partial charge in [-0.2, -0.15) is 8.42 Å². The van der Waals surface area contributed by atoms with E-state index in [-0.39, 0.29) is 31.6 Å². The fourth-order valence-electron chi connectivity index (χ4n) is 4.16. The predicted molar refractivity (Wildman–Crippen MR) is 86.9 cm³/mol. The monoisotopic (exact) mass is 373 g/mol. The quantitative estimate of drug-likeness (QED) is 0.292. The molecular weight excluding hydrogens is 350 g/mol. The van der Waals surface area contributed by atoms with E-state index in [4.69, 9.17) is 13.7 Å². The Kier molecular flexibility index (Phi) is 4.67. The summed E-state index contributed by atoms with van der Waals surface area (Å²) >= 11 is 0. The van der Waals surface area contributed by atoms with Crippen LogP contribution in [0.2, 0.25) is 0 Å². The maximum atomic E-state index is 12.0. The highest BCUT2D eigenvalue weighted by atomic mass is 32.2. The van der Waals surface area contributed by atoms with Gasteiger partial charge in [0, 0.05) is 11.5 Å². The lowest BCUT2D eigenvalue weighted by atomic mass is 9.83. The molecule has 1 N–H and O–H groups in total. The molecule has 3 rings (SSSR count). The molecule has 1 amide bonds. The third kappa shape index (κ3) is 3.20. The Hall–Kier alpha value is -1.45. The zero-order valence-corrected chi connectivity index (χ0v) is 15.1. The number of nitrogens with one attached hydrogen (secondary N) is 1. The number of ether oxygens (including phenoxy) is 2. The molecule has 0 radical (unpaired) electrons. The molecule has 1 heterocycles. The van der Waals surface area contributed by atoms with E-state index in [1.165, 1.54) is 0 Å². The minimum Gasteiger partial charge on any atom is -0.462 e. The topological polar surface area (TPSA) is 108 Å². The molecule has 5 unspecified atom stereocenters. The van der Waals surface area contributed by atoms with Gasteiger partial charge in [-0.1, -0.05) is 6.58 Å². The van der Waals surface area contributed by atoms with Crippen molar-refractivity contribution in [1.29, 1.82) is 0 Å². The SMILES string of the molecule is C=C(C)C(=O)NCC(=O)OCCOC1(C)C2CC3C1OS(=O)(=O)C3C2. The van der Waals surface area contributed by atoms with Gasteiger partial charge in [0.2, 0.25) is 5.91 Å².